The number of aryl methyl sites for hydroxylation is 2. The van der Waals surface area contributed by atoms with Crippen molar-refractivity contribution in [3.05, 3.63) is 129 Å². The van der Waals surface area contributed by atoms with E-state index in [4.69, 9.17) is 11.5 Å². The van der Waals surface area contributed by atoms with Gasteiger partial charge in [-0.25, -0.2) is 0 Å². The molecular weight excluding hydrogens is 629 g/mol. The van der Waals surface area contributed by atoms with Gasteiger partial charge in [-0.15, -0.1) is 0 Å². The van der Waals surface area contributed by atoms with Crippen LogP contribution in [0.5, 0.6) is 0 Å². The second-order valence-corrected chi connectivity index (χ2v) is 15.9. The molecule has 0 aliphatic carbocycles. The van der Waals surface area contributed by atoms with Crippen molar-refractivity contribution in [3.8, 4) is 0 Å². The predicted molar refractivity (Wildman–Crippen MR) is 230 cm³/mol. The van der Waals surface area contributed by atoms with Gasteiger partial charge in [0.25, 0.3) is 0 Å². The molecule has 4 aromatic rings. The molecule has 2 atom stereocenters. The van der Waals surface area contributed by atoms with E-state index < -0.39 is 0 Å². The molecule has 52 heavy (non-hydrogen) atoms. The first kappa shape index (κ1) is 41.2. The molecule has 0 aromatic heterocycles. The summed E-state index contributed by atoms with van der Waals surface area (Å²) in [6.07, 6.45) is 23.9. The van der Waals surface area contributed by atoms with Crippen molar-refractivity contribution in [2.45, 2.75) is 168 Å². The van der Waals surface area contributed by atoms with Gasteiger partial charge in [-0.2, -0.15) is 0 Å². The highest BCUT2D eigenvalue weighted by Gasteiger charge is 2.20. The highest BCUT2D eigenvalue weighted by atomic mass is 14.5. The molecule has 4 N–H and O–H groups in total. The van der Waals surface area contributed by atoms with Crippen molar-refractivity contribution in [1.82, 2.24) is 0 Å². The molecule has 4 rings (SSSR count). The third kappa shape index (κ3) is 12.9. The minimum absolute atomic E-state index is 0.330. The molecule has 2 nitrogen and oxygen atoms in total. The second kappa shape index (κ2) is 22.5. The summed E-state index contributed by atoms with van der Waals surface area (Å²) in [7, 11) is 0. The molecule has 0 fully saturated rings. The monoisotopic (exact) mass is 701 g/mol. The first-order chi connectivity index (χ1) is 25.3. The van der Waals surface area contributed by atoms with E-state index >= 15 is 0 Å². The molecule has 0 spiro atoms. The van der Waals surface area contributed by atoms with Crippen molar-refractivity contribution < 1.29 is 0 Å². The maximum Gasteiger partial charge on any atom is 0.0316 e. The van der Waals surface area contributed by atoms with Gasteiger partial charge >= 0.3 is 0 Å². The summed E-state index contributed by atoms with van der Waals surface area (Å²) < 4.78 is 0. The molecule has 0 heterocycles. The summed E-state index contributed by atoms with van der Waals surface area (Å²) in [5.41, 5.74) is 25.1. The topological polar surface area (TPSA) is 52.0 Å². The molecule has 0 bridgehead atoms. The van der Waals surface area contributed by atoms with Crippen molar-refractivity contribution in [2.75, 3.05) is 11.5 Å². The van der Waals surface area contributed by atoms with E-state index in [1.165, 1.54) is 160 Å². The number of benzene rings is 4. The van der Waals surface area contributed by atoms with Crippen LogP contribution in [0.1, 0.15) is 199 Å². The fourth-order valence-electron chi connectivity index (χ4n) is 8.37. The predicted octanol–water partition coefficient (Wildman–Crippen LogP) is 14.9. The fraction of sp³-hybridized carbons (Fsp3) is 0.520. The Balaban J connectivity index is 1.44. The van der Waals surface area contributed by atoms with Crippen LogP contribution in [-0.2, 0) is 0 Å². The van der Waals surface area contributed by atoms with Gasteiger partial charge in [-0.05, 0) is 95.5 Å². The van der Waals surface area contributed by atoms with Crippen molar-refractivity contribution in [2.24, 2.45) is 0 Å². The first-order valence-corrected chi connectivity index (χ1v) is 21.2. The summed E-state index contributed by atoms with van der Waals surface area (Å²) in [4.78, 5) is 0. The molecule has 0 aliphatic heterocycles. The quantitative estimate of drug-likeness (QED) is 0.0565. The van der Waals surface area contributed by atoms with Gasteiger partial charge < -0.3 is 11.5 Å². The van der Waals surface area contributed by atoms with Crippen LogP contribution in [-0.4, -0.2) is 0 Å². The summed E-state index contributed by atoms with van der Waals surface area (Å²) in [5, 5.41) is 0. The smallest absolute Gasteiger partial charge is 0.0316 e. The second-order valence-electron chi connectivity index (χ2n) is 15.9. The van der Waals surface area contributed by atoms with Crippen molar-refractivity contribution in [1.29, 1.82) is 0 Å². The fourth-order valence-corrected chi connectivity index (χ4v) is 8.37. The molecule has 0 amide bonds. The van der Waals surface area contributed by atoms with Crippen molar-refractivity contribution >= 4 is 11.4 Å². The standard InChI is InChI=1S/C50H72N2/c1-6-8-10-12-14-16-18-20-22-49(47-34-32-45(51)36-38(47)3)43-28-24-41(25-29-43)40(5)42-26-30-44(31-27-42)50(48-35-33-46(52)37-39(48)4)23-21-19-17-15-13-11-9-7-2/h24-37,40,49-50H,6-23,51-52H2,1-5H3. The minimum atomic E-state index is 0.330. The lowest BCUT2D eigenvalue weighted by Gasteiger charge is -2.23. The lowest BCUT2D eigenvalue weighted by Crippen LogP contribution is -2.06. The van der Waals surface area contributed by atoms with Gasteiger partial charge in [-0.1, -0.05) is 184 Å². The Hall–Kier alpha value is -3.52. The molecule has 4 aromatic carbocycles. The molecule has 0 radical (unpaired) electrons. The largest absolute Gasteiger partial charge is 0.399 e. The van der Waals surface area contributed by atoms with Crippen LogP contribution in [0.3, 0.4) is 0 Å². The molecule has 282 valence electrons. The number of hydrogen-bond acceptors (Lipinski definition) is 2. The molecular formula is C50H72N2. The maximum absolute atomic E-state index is 6.18. The number of anilines is 2. The zero-order valence-electron chi connectivity index (χ0n) is 33.7. The van der Waals surface area contributed by atoms with Crippen LogP contribution < -0.4 is 11.5 Å². The third-order valence-electron chi connectivity index (χ3n) is 11.7. The van der Waals surface area contributed by atoms with E-state index in [9.17, 15) is 0 Å². The Labute approximate surface area is 319 Å². The lowest BCUT2D eigenvalue weighted by molar-refractivity contribution is 0.550. The number of nitrogens with two attached hydrogens (primary N) is 2. The summed E-state index contributed by atoms with van der Waals surface area (Å²) in [6.45, 7) is 11.4. The Bertz CT molecular complexity index is 1450. The number of rotatable bonds is 24. The normalized spacial score (nSPS) is 13.2. The third-order valence-corrected chi connectivity index (χ3v) is 11.7. The summed E-state index contributed by atoms with van der Waals surface area (Å²) in [6, 6.07) is 32.1. The van der Waals surface area contributed by atoms with Gasteiger partial charge in [0.15, 0.2) is 0 Å². The summed E-state index contributed by atoms with van der Waals surface area (Å²) >= 11 is 0. The SMILES string of the molecule is CCCCCCCCCCC(c1ccc(C(C)c2ccc(C(CCCCCCCCCC)c3ccc(N)cc3C)cc2)cc1)c1ccc(N)cc1C. The van der Waals surface area contributed by atoms with Crippen molar-refractivity contribution in [3.63, 3.8) is 0 Å². The van der Waals surface area contributed by atoms with E-state index in [1.807, 2.05) is 0 Å². The van der Waals surface area contributed by atoms with E-state index in [2.05, 4.69) is 120 Å². The average molecular weight is 701 g/mol. The first-order valence-electron chi connectivity index (χ1n) is 21.2. The zero-order chi connectivity index (χ0) is 37.1. The molecule has 0 aliphatic rings. The number of unbranched alkanes of at least 4 members (excludes halogenated alkanes) is 14. The number of hydrogen-bond donors (Lipinski definition) is 2. The van der Waals surface area contributed by atoms with E-state index in [0.29, 0.717) is 17.8 Å². The molecule has 0 saturated heterocycles. The Morgan fingerprint density at radius 1 is 0.404 bits per heavy atom. The van der Waals surface area contributed by atoms with Gasteiger partial charge in [0.05, 0.1) is 0 Å². The summed E-state index contributed by atoms with van der Waals surface area (Å²) in [5.74, 6) is 1.13. The Morgan fingerprint density at radius 2 is 0.712 bits per heavy atom. The van der Waals surface area contributed by atoms with Gasteiger partial charge in [0.2, 0.25) is 0 Å². The van der Waals surface area contributed by atoms with Gasteiger partial charge in [0.1, 0.15) is 0 Å². The van der Waals surface area contributed by atoms with Gasteiger partial charge in [-0.3, -0.25) is 0 Å². The number of nitrogen functional groups attached to an aromatic ring is 2. The van der Waals surface area contributed by atoms with Crippen LogP contribution in [0, 0.1) is 13.8 Å². The van der Waals surface area contributed by atoms with Crippen LogP contribution in [0.25, 0.3) is 0 Å². The zero-order valence-corrected chi connectivity index (χ0v) is 33.7. The maximum atomic E-state index is 6.18. The molecule has 2 unspecified atom stereocenters. The molecule has 2 heteroatoms. The molecule has 0 saturated carbocycles. The van der Waals surface area contributed by atoms with Crippen LogP contribution in [0.2, 0.25) is 0 Å². The van der Waals surface area contributed by atoms with E-state index in [-0.39, 0.29) is 0 Å². The highest BCUT2D eigenvalue weighted by molar-refractivity contribution is 5.49. The average Bonchev–Trinajstić information content (AvgIpc) is 3.14. The Morgan fingerprint density at radius 3 is 1.04 bits per heavy atom. The van der Waals surface area contributed by atoms with Crippen LogP contribution >= 0.6 is 0 Å². The Kier molecular flexibility index (Phi) is 17.9. The van der Waals surface area contributed by atoms with Crippen LogP contribution in [0.4, 0.5) is 11.4 Å². The minimum Gasteiger partial charge on any atom is -0.399 e. The highest BCUT2D eigenvalue weighted by Crippen LogP contribution is 2.37. The van der Waals surface area contributed by atoms with Gasteiger partial charge in [0, 0.05) is 29.1 Å². The van der Waals surface area contributed by atoms with E-state index in [1.54, 1.807) is 0 Å². The van der Waals surface area contributed by atoms with Crippen LogP contribution in [0.15, 0.2) is 84.9 Å². The van der Waals surface area contributed by atoms with E-state index in [0.717, 1.165) is 11.4 Å². The lowest BCUT2D eigenvalue weighted by atomic mass is 9.82.